The molecule has 2 heterocycles. The van der Waals surface area contributed by atoms with Crippen molar-refractivity contribution in [3.8, 4) is 0 Å². The maximum Gasteiger partial charge on any atom is 0.319 e. The molecule has 1 saturated heterocycles. The average molecular weight is 333 g/mol. The lowest BCUT2D eigenvalue weighted by Gasteiger charge is -2.18. The summed E-state index contributed by atoms with van der Waals surface area (Å²) >= 11 is 1.77. The Labute approximate surface area is 139 Å². The number of hydrogen-bond acceptors (Lipinski definition) is 3. The zero-order valence-corrected chi connectivity index (χ0v) is 13.8. The van der Waals surface area contributed by atoms with Crippen LogP contribution in [0, 0.1) is 11.7 Å². The number of nitrogens with zero attached hydrogens (tertiary/aromatic N) is 1. The molecule has 1 aromatic heterocycles. The first kappa shape index (κ1) is 16.0. The predicted octanol–water partition coefficient (Wildman–Crippen LogP) is 3.35. The fourth-order valence-corrected chi connectivity index (χ4v) is 4.00. The Morgan fingerprint density at radius 2 is 2.22 bits per heavy atom. The van der Waals surface area contributed by atoms with Crippen molar-refractivity contribution in [2.75, 3.05) is 32.0 Å². The highest BCUT2D eigenvalue weighted by molar-refractivity contribution is 7.10. The third-order valence-corrected chi connectivity index (χ3v) is 5.14. The van der Waals surface area contributed by atoms with Gasteiger partial charge in [0.15, 0.2) is 0 Å². The molecule has 6 heteroatoms. The van der Waals surface area contributed by atoms with Crippen molar-refractivity contribution in [1.29, 1.82) is 0 Å². The summed E-state index contributed by atoms with van der Waals surface area (Å²) in [5, 5.41) is 7.67. The second-order valence-corrected chi connectivity index (χ2v) is 6.93. The van der Waals surface area contributed by atoms with Crippen LogP contribution in [0.1, 0.15) is 10.8 Å². The summed E-state index contributed by atoms with van der Waals surface area (Å²) in [5.41, 5.74) is 0.459. The van der Waals surface area contributed by atoms with Gasteiger partial charge in [0.05, 0.1) is 0 Å². The smallest absolute Gasteiger partial charge is 0.319 e. The van der Waals surface area contributed by atoms with Gasteiger partial charge in [-0.15, -0.1) is 11.3 Å². The minimum atomic E-state index is -0.363. The number of anilines is 1. The lowest BCUT2D eigenvalue weighted by Crippen LogP contribution is -2.35. The fraction of sp³-hybridized carbons (Fsp3) is 0.353. The Kier molecular flexibility index (Phi) is 4.93. The first-order chi connectivity index (χ1) is 11.1. The summed E-state index contributed by atoms with van der Waals surface area (Å²) in [5.74, 6) is 0.476. The number of urea groups is 1. The van der Waals surface area contributed by atoms with Gasteiger partial charge >= 0.3 is 6.03 Å². The molecular formula is C17H20FN3OS. The number of nitrogens with one attached hydrogen (secondary N) is 2. The summed E-state index contributed by atoms with van der Waals surface area (Å²) in [6.45, 7) is 2.58. The maximum absolute atomic E-state index is 13.1. The largest absolute Gasteiger partial charge is 0.338 e. The number of rotatable bonds is 4. The van der Waals surface area contributed by atoms with Gasteiger partial charge in [0.2, 0.25) is 0 Å². The molecule has 2 aromatic rings. The second kappa shape index (κ2) is 7.10. The molecule has 2 atom stereocenters. The standard InChI is InChI=1S/C17H20FN3OS/c1-21-10-12(15(11-21)16-6-3-7-23-16)9-19-17(22)20-14-5-2-4-13(18)8-14/h2-8,12,15H,9-11H2,1H3,(H2,19,20,22)/t12-,15+/m1/s1. The van der Waals surface area contributed by atoms with Gasteiger partial charge in [0.1, 0.15) is 5.82 Å². The average Bonchev–Trinajstić information content (AvgIpc) is 3.14. The number of thiophene rings is 1. The highest BCUT2D eigenvalue weighted by atomic mass is 32.1. The summed E-state index contributed by atoms with van der Waals surface area (Å²) < 4.78 is 13.1. The van der Waals surface area contributed by atoms with Gasteiger partial charge in [-0.05, 0) is 42.6 Å². The van der Waals surface area contributed by atoms with E-state index in [0.717, 1.165) is 13.1 Å². The van der Waals surface area contributed by atoms with E-state index in [2.05, 4.69) is 40.1 Å². The van der Waals surface area contributed by atoms with Gasteiger partial charge in [-0.2, -0.15) is 0 Å². The third-order valence-electron chi connectivity index (χ3n) is 4.14. The van der Waals surface area contributed by atoms with Crippen LogP contribution in [0.15, 0.2) is 41.8 Å². The van der Waals surface area contributed by atoms with E-state index in [1.54, 1.807) is 23.5 Å². The lowest BCUT2D eigenvalue weighted by molar-refractivity contribution is 0.249. The fourth-order valence-electron chi connectivity index (χ4n) is 3.08. The van der Waals surface area contributed by atoms with E-state index in [0.29, 0.717) is 24.1 Å². The zero-order valence-electron chi connectivity index (χ0n) is 13.0. The summed E-state index contributed by atoms with van der Waals surface area (Å²) in [4.78, 5) is 15.7. The Morgan fingerprint density at radius 3 is 2.96 bits per heavy atom. The van der Waals surface area contributed by atoms with Gasteiger partial charge in [-0.25, -0.2) is 9.18 Å². The molecule has 2 N–H and O–H groups in total. The molecule has 1 fully saturated rings. The van der Waals surface area contributed by atoms with E-state index in [-0.39, 0.29) is 11.8 Å². The van der Waals surface area contributed by atoms with Crippen LogP contribution in [-0.4, -0.2) is 37.6 Å². The highest BCUT2D eigenvalue weighted by Gasteiger charge is 2.32. The van der Waals surface area contributed by atoms with Crippen LogP contribution in [0.2, 0.25) is 0 Å². The first-order valence-corrected chi connectivity index (χ1v) is 8.52. The van der Waals surface area contributed by atoms with Gasteiger partial charge in [0, 0.05) is 36.1 Å². The van der Waals surface area contributed by atoms with Gasteiger partial charge in [-0.3, -0.25) is 0 Å². The van der Waals surface area contributed by atoms with Crippen LogP contribution in [0.25, 0.3) is 0 Å². The SMILES string of the molecule is CN1C[C@@H](CNC(=O)Nc2cccc(F)c2)[C@@H](c2cccs2)C1. The molecule has 0 saturated carbocycles. The normalized spacial score (nSPS) is 21.3. The maximum atomic E-state index is 13.1. The van der Waals surface area contributed by atoms with Crippen molar-refractivity contribution in [2.24, 2.45) is 5.92 Å². The number of likely N-dealkylation sites (N-methyl/N-ethyl adjacent to an activating group) is 1. The molecule has 23 heavy (non-hydrogen) atoms. The molecule has 122 valence electrons. The van der Waals surface area contributed by atoms with Crippen molar-refractivity contribution in [1.82, 2.24) is 10.2 Å². The molecule has 1 aliphatic rings. The Bertz CT molecular complexity index is 662. The van der Waals surface area contributed by atoms with Crippen molar-refractivity contribution >= 4 is 23.1 Å². The molecule has 0 aliphatic carbocycles. The van der Waals surface area contributed by atoms with E-state index < -0.39 is 0 Å². The van der Waals surface area contributed by atoms with Gasteiger partial charge < -0.3 is 15.5 Å². The number of carbonyl (C=O) groups excluding carboxylic acids is 1. The number of benzene rings is 1. The molecule has 0 bridgehead atoms. The van der Waals surface area contributed by atoms with Crippen LogP contribution < -0.4 is 10.6 Å². The minimum absolute atomic E-state index is 0.296. The predicted molar refractivity (Wildman–Crippen MR) is 91.5 cm³/mol. The van der Waals surface area contributed by atoms with Crippen LogP contribution in [0.3, 0.4) is 0 Å². The highest BCUT2D eigenvalue weighted by Crippen LogP contribution is 2.34. The molecular weight excluding hydrogens is 313 g/mol. The summed E-state index contributed by atoms with van der Waals surface area (Å²) in [7, 11) is 2.10. The lowest BCUT2D eigenvalue weighted by atomic mass is 9.94. The molecule has 0 unspecified atom stereocenters. The van der Waals surface area contributed by atoms with Crippen LogP contribution >= 0.6 is 11.3 Å². The van der Waals surface area contributed by atoms with E-state index in [4.69, 9.17) is 0 Å². The Balaban J connectivity index is 1.55. The number of halogens is 1. The molecule has 0 radical (unpaired) electrons. The Morgan fingerprint density at radius 1 is 1.35 bits per heavy atom. The third kappa shape index (κ3) is 4.09. The molecule has 4 nitrogen and oxygen atoms in total. The van der Waals surface area contributed by atoms with Crippen LogP contribution in [0.4, 0.5) is 14.9 Å². The summed E-state index contributed by atoms with van der Waals surface area (Å²) in [6, 6.07) is 9.83. The quantitative estimate of drug-likeness (QED) is 0.901. The molecule has 2 amide bonds. The second-order valence-electron chi connectivity index (χ2n) is 5.95. The topological polar surface area (TPSA) is 44.4 Å². The number of amides is 2. The van der Waals surface area contributed by atoms with E-state index >= 15 is 0 Å². The van der Waals surface area contributed by atoms with Crippen LogP contribution in [-0.2, 0) is 0 Å². The number of hydrogen-bond donors (Lipinski definition) is 2. The van der Waals surface area contributed by atoms with Crippen LogP contribution in [0.5, 0.6) is 0 Å². The van der Waals surface area contributed by atoms with Crippen molar-refractivity contribution in [3.63, 3.8) is 0 Å². The monoisotopic (exact) mass is 333 g/mol. The zero-order chi connectivity index (χ0) is 16.2. The summed E-state index contributed by atoms with van der Waals surface area (Å²) in [6.07, 6.45) is 0. The van der Waals surface area contributed by atoms with E-state index in [1.807, 2.05) is 0 Å². The molecule has 3 rings (SSSR count). The van der Waals surface area contributed by atoms with E-state index in [9.17, 15) is 9.18 Å². The van der Waals surface area contributed by atoms with E-state index in [1.165, 1.54) is 17.0 Å². The molecule has 1 aromatic carbocycles. The van der Waals surface area contributed by atoms with Crippen molar-refractivity contribution in [2.45, 2.75) is 5.92 Å². The molecule has 0 spiro atoms. The molecule has 1 aliphatic heterocycles. The number of carbonyl (C=O) groups is 1. The minimum Gasteiger partial charge on any atom is -0.338 e. The van der Waals surface area contributed by atoms with Gasteiger partial charge in [0.25, 0.3) is 0 Å². The van der Waals surface area contributed by atoms with Gasteiger partial charge in [-0.1, -0.05) is 12.1 Å². The first-order valence-electron chi connectivity index (χ1n) is 7.64. The van der Waals surface area contributed by atoms with Crippen molar-refractivity contribution in [3.05, 3.63) is 52.5 Å². The Hall–Kier alpha value is -1.92. The number of likely N-dealkylation sites (tertiary alicyclic amines) is 1. The van der Waals surface area contributed by atoms with Crippen molar-refractivity contribution < 1.29 is 9.18 Å².